The van der Waals surface area contributed by atoms with E-state index in [-0.39, 0.29) is 5.91 Å². The average molecular weight is 157 g/mol. The van der Waals surface area contributed by atoms with Crippen molar-refractivity contribution in [2.24, 2.45) is 5.73 Å². The lowest BCUT2D eigenvalue weighted by Crippen LogP contribution is -2.51. The molecule has 0 aromatic rings. The van der Waals surface area contributed by atoms with Crippen molar-refractivity contribution in [2.75, 3.05) is 20.3 Å². The molecule has 1 radical (unpaired) electrons. The topological polar surface area (TPSA) is 66.4 Å². The van der Waals surface area contributed by atoms with E-state index in [4.69, 9.17) is 10.5 Å². The van der Waals surface area contributed by atoms with Crippen LogP contribution in [-0.2, 0) is 9.53 Å². The maximum absolute atomic E-state index is 11.0. The molecule has 1 atom stereocenters. The molecule has 1 heterocycles. The van der Waals surface area contributed by atoms with Gasteiger partial charge in [-0.3, -0.25) is 4.79 Å². The molecule has 1 rings (SSSR count). The van der Waals surface area contributed by atoms with Crippen LogP contribution in [0.2, 0.25) is 0 Å². The van der Waals surface area contributed by atoms with Crippen molar-refractivity contribution in [2.45, 2.75) is 18.4 Å². The number of amides is 1. The molecule has 0 saturated carbocycles. The van der Waals surface area contributed by atoms with Gasteiger partial charge in [0, 0.05) is 13.7 Å². The Morgan fingerprint density at radius 1 is 1.82 bits per heavy atom. The molecule has 2 N–H and O–H groups in total. The van der Waals surface area contributed by atoms with Crippen LogP contribution >= 0.6 is 0 Å². The Morgan fingerprint density at radius 3 is 2.91 bits per heavy atom. The van der Waals surface area contributed by atoms with Gasteiger partial charge in [0.1, 0.15) is 5.54 Å². The van der Waals surface area contributed by atoms with E-state index in [9.17, 15) is 4.79 Å². The average Bonchev–Trinajstić information content (AvgIpc) is 2.38. The van der Waals surface area contributed by atoms with Gasteiger partial charge in [-0.25, -0.2) is 5.32 Å². The summed E-state index contributed by atoms with van der Waals surface area (Å²) in [7, 11) is 1.55. The van der Waals surface area contributed by atoms with Crippen LogP contribution < -0.4 is 11.1 Å². The van der Waals surface area contributed by atoms with E-state index in [0.717, 1.165) is 19.4 Å². The van der Waals surface area contributed by atoms with E-state index in [0.29, 0.717) is 6.61 Å². The van der Waals surface area contributed by atoms with Crippen molar-refractivity contribution in [3.63, 3.8) is 0 Å². The molecule has 0 bridgehead atoms. The first-order valence-corrected chi connectivity index (χ1v) is 3.69. The lowest BCUT2D eigenvalue weighted by Gasteiger charge is -2.22. The van der Waals surface area contributed by atoms with E-state index in [2.05, 4.69) is 5.32 Å². The van der Waals surface area contributed by atoms with Gasteiger partial charge in [0.25, 0.3) is 0 Å². The Hall–Kier alpha value is -0.610. The van der Waals surface area contributed by atoms with Gasteiger partial charge in [-0.15, -0.1) is 0 Å². The number of carbonyl (C=O) groups excluding carboxylic acids is 1. The van der Waals surface area contributed by atoms with Crippen molar-refractivity contribution in [1.82, 2.24) is 5.32 Å². The monoisotopic (exact) mass is 157 g/mol. The zero-order valence-corrected chi connectivity index (χ0v) is 6.67. The molecular formula is C7H13N2O2. The maximum atomic E-state index is 11.0. The Kier molecular flexibility index (Phi) is 2.46. The fourth-order valence-electron chi connectivity index (χ4n) is 1.37. The molecule has 63 valence electrons. The van der Waals surface area contributed by atoms with E-state index in [1.165, 1.54) is 0 Å². The predicted molar refractivity (Wildman–Crippen MR) is 40.0 cm³/mol. The highest BCUT2D eigenvalue weighted by atomic mass is 16.5. The van der Waals surface area contributed by atoms with Gasteiger partial charge in [-0.1, -0.05) is 0 Å². The molecule has 1 saturated heterocycles. The molecule has 1 amide bonds. The van der Waals surface area contributed by atoms with E-state index in [1.54, 1.807) is 7.11 Å². The van der Waals surface area contributed by atoms with E-state index < -0.39 is 5.54 Å². The van der Waals surface area contributed by atoms with Crippen LogP contribution in [0.3, 0.4) is 0 Å². The lowest BCUT2D eigenvalue weighted by atomic mass is 9.98. The van der Waals surface area contributed by atoms with Crippen LogP contribution in [0.5, 0.6) is 0 Å². The predicted octanol–water partition coefficient (Wildman–Crippen LogP) is -0.745. The number of nitrogens with two attached hydrogens (primary N) is 1. The molecule has 0 spiro atoms. The number of carbonyl (C=O) groups is 1. The summed E-state index contributed by atoms with van der Waals surface area (Å²) in [6, 6.07) is 0. The largest absolute Gasteiger partial charge is 0.382 e. The quantitative estimate of drug-likeness (QED) is 0.586. The summed E-state index contributed by atoms with van der Waals surface area (Å²) in [6.45, 7) is 1.05. The summed E-state index contributed by atoms with van der Waals surface area (Å²) in [5.41, 5.74) is 4.49. The highest BCUT2D eigenvalue weighted by Crippen LogP contribution is 2.20. The smallest absolute Gasteiger partial charge is 0.241 e. The molecule has 4 heteroatoms. The maximum Gasteiger partial charge on any atom is 0.241 e. The van der Waals surface area contributed by atoms with Crippen LogP contribution in [0.15, 0.2) is 0 Å². The fourth-order valence-corrected chi connectivity index (χ4v) is 1.37. The second-order valence-electron chi connectivity index (χ2n) is 2.81. The number of primary amides is 1. The standard InChI is InChI=1S/C7H13N2O2/c1-11-5-7(6(8)10)3-2-4-9-7/h2-5H2,1H3,(H2,8,10)/t7-/m0/s1. The van der Waals surface area contributed by atoms with Gasteiger partial charge in [-0.05, 0) is 12.8 Å². The van der Waals surface area contributed by atoms with Gasteiger partial charge >= 0.3 is 0 Å². The minimum atomic E-state index is -0.714. The molecule has 0 aliphatic carbocycles. The van der Waals surface area contributed by atoms with Crippen LogP contribution in [0.1, 0.15) is 12.8 Å². The summed E-state index contributed by atoms with van der Waals surface area (Å²) in [5.74, 6) is -0.364. The zero-order valence-electron chi connectivity index (χ0n) is 6.67. The van der Waals surface area contributed by atoms with Gasteiger partial charge in [0.2, 0.25) is 5.91 Å². The number of hydrogen-bond donors (Lipinski definition) is 1. The van der Waals surface area contributed by atoms with Crippen molar-refractivity contribution >= 4 is 5.91 Å². The third kappa shape index (κ3) is 1.52. The Bertz CT molecular complexity index is 153. The number of rotatable bonds is 3. The van der Waals surface area contributed by atoms with Crippen molar-refractivity contribution in [3.05, 3.63) is 0 Å². The Labute approximate surface area is 66.1 Å². The highest BCUT2D eigenvalue weighted by molar-refractivity contribution is 5.85. The van der Waals surface area contributed by atoms with Crippen LogP contribution in [0, 0.1) is 0 Å². The van der Waals surface area contributed by atoms with Gasteiger partial charge in [0.05, 0.1) is 6.61 Å². The Balaban J connectivity index is 2.62. The zero-order chi connectivity index (χ0) is 8.32. The van der Waals surface area contributed by atoms with Crippen molar-refractivity contribution < 1.29 is 9.53 Å². The number of methoxy groups -OCH3 is 1. The second-order valence-corrected chi connectivity index (χ2v) is 2.81. The second kappa shape index (κ2) is 3.19. The molecule has 0 aromatic heterocycles. The first-order chi connectivity index (χ1) is 5.21. The summed E-state index contributed by atoms with van der Waals surface area (Å²) in [6.07, 6.45) is 1.67. The molecule has 1 aliphatic heterocycles. The molecule has 0 unspecified atom stereocenters. The fraction of sp³-hybridized carbons (Fsp3) is 0.857. The SMILES string of the molecule is COC[C@]1(C(N)=O)CCC[N]1. The van der Waals surface area contributed by atoms with Crippen LogP contribution in [0.4, 0.5) is 0 Å². The van der Waals surface area contributed by atoms with Crippen LogP contribution in [-0.4, -0.2) is 31.7 Å². The first-order valence-electron chi connectivity index (χ1n) is 3.69. The minimum absolute atomic E-state index is 0.322. The van der Waals surface area contributed by atoms with Gasteiger partial charge in [-0.2, -0.15) is 0 Å². The normalized spacial score (nSPS) is 30.6. The molecule has 1 fully saturated rings. The van der Waals surface area contributed by atoms with E-state index >= 15 is 0 Å². The third-order valence-electron chi connectivity index (χ3n) is 2.00. The van der Waals surface area contributed by atoms with E-state index in [1.807, 2.05) is 0 Å². The summed E-state index contributed by atoms with van der Waals surface area (Å²) in [5, 5.41) is 4.16. The number of nitrogens with zero attached hydrogens (tertiary/aromatic N) is 1. The number of hydrogen-bond acceptors (Lipinski definition) is 2. The molecule has 11 heavy (non-hydrogen) atoms. The lowest BCUT2D eigenvalue weighted by molar-refractivity contribution is -0.126. The highest BCUT2D eigenvalue weighted by Gasteiger charge is 2.40. The summed E-state index contributed by atoms with van der Waals surface area (Å²) >= 11 is 0. The Morgan fingerprint density at radius 2 is 2.55 bits per heavy atom. The van der Waals surface area contributed by atoms with Gasteiger partial charge in [0.15, 0.2) is 0 Å². The molecule has 0 aromatic carbocycles. The number of ether oxygens (including phenoxy) is 1. The van der Waals surface area contributed by atoms with Gasteiger partial charge < -0.3 is 10.5 Å². The third-order valence-corrected chi connectivity index (χ3v) is 2.00. The van der Waals surface area contributed by atoms with Crippen molar-refractivity contribution in [3.8, 4) is 0 Å². The molecule has 4 nitrogen and oxygen atoms in total. The minimum Gasteiger partial charge on any atom is -0.382 e. The summed E-state index contributed by atoms with van der Waals surface area (Å²) < 4.78 is 4.90. The van der Waals surface area contributed by atoms with Crippen molar-refractivity contribution in [1.29, 1.82) is 0 Å². The molecule has 1 aliphatic rings. The van der Waals surface area contributed by atoms with Crippen LogP contribution in [0.25, 0.3) is 0 Å². The summed E-state index contributed by atoms with van der Waals surface area (Å²) in [4.78, 5) is 11.0. The molecular weight excluding hydrogens is 144 g/mol. The first kappa shape index (κ1) is 8.49.